The van der Waals surface area contributed by atoms with Crippen molar-refractivity contribution in [2.45, 2.75) is 45.3 Å². The van der Waals surface area contributed by atoms with Gasteiger partial charge in [-0.3, -0.25) is 4.79 Å². The summed E-state index contributed by atoms with van der Waals surface area (Å²) in [6.07, 6.45) is 8.55. The fourth-order valence-corrected chi connectivity index (χ4v) is 3.49. The molecule has 6 heteroatoms. The number of nitrogens with one attached hydrogen (secondary N) is 1. The summed E-state index contributed by atoms with van der Waals surface area (Å²) in [6, 6.07) is 13.4. The van der Waals surface area contributed by atoms with Crippen LogP contribution >= 0.6 is 0 Å². The van der Waals surface area contributed by atoms with Crippen LogP contribution in [-0.4, -0.2) is 26.8 Å². The Bertz CT molecular complexity index is 929. The molecule has 1 saturated carbocycles. The zero-order valence-corrected chi connectivity index (χ0v) is 16.0. The second-order valence-corrected chi connectivity index (χ2v) is 7.11. The number of amides is 1. The minimum absolute atomic E-state index is 0.186. The van der Waals surface area contributed by atoms with Crippen molar-refractivity contribution in [3.05, 3.63) is 71.7 Å². The van der Waals surface area contributed by atoms with Crippen LogP contribution in [0.5, 0.6) is 0 Å². The Labute approximate surface area is 164 Å². The number of carbonyl (C=O) groups excluding carboxylic acids is 1. The Hall–Kier alpha value is -2.99. The minimum atomic E-state index is -0.186. The number of benzene rings is 1. The van der Waals surface area contributed by atoms with Gasteiger partial charge >= 0.3 is 0 Å². The van der Waals surface area contributed by atoms with Gasteiger partial charge in [-0.05, 0) is 49.6 Å². The molecule has 2 aromatic heterocycles. The fraction of sp³-hybridized carbons (Fsp3) is 0.318. The summed E-state index contributed by atoms with van der Waals surface area (Å²) in [6.45, 7) is 2.48. The maximum Gasteiger partial charge on any atom is 0.259 e. The van der Waals surface area contributed by atoms with Crippen LogP contribution in [0.1, 0.15) is 47.3 Å². The van der Waals surface area contributed by atoms with Crippen LogP contribution in [0.2, 0.25) is 0 Å². The van der Waals surface area contributed by atoms with Crippen molar-refractivity contribution >= 4 is 11.6 Å². The lowest BCUT2D eigenvalue weighted by Gasteiger charge is -2.11. The summed E-state index contributed by atoms with van der Waals surface area (Å²) >= 11 is 0. The third-order valence-electron chi connectivity index (χ3n) is 5.12. The number of anilines is 1. The highest BCUT2D eigenvalue weighted by molar-refractivity contribution is 6.04. The first-order chi connectivity index (χ1) is 13.7. The van der Waals surface area contributed by atoms with Crippen molar-refractivity contribution in [3.8, 4) is 5.82 Å². The lowest BCUT2D eigenvalue weighted by molar-refractivity contribution is 0.0457. The summed E-state index contributed by atoms with van der Waals surface area (Å²) in [7, 11) is 0. The maximum absolute atomic E-state index is 12.7. The Morgan fingerprint density at radius 3 is 2.68 bits per heavy atom. The van der Waals surface area contributed by atoms with E-state index in [1.165, 1.54) is 25.7 Å². The Morgan fingerprint density at radius 2 is 1.96 bits per heavy atom. The highest BCUT2D eigenvalue weighted by Crippen LogP contribution is 2.22. The molecule has 1 amide bonds. The molecular formula is C22H24N4O2. The Morgan fingerprint density at radius 1 is 1.18 bits per heavy atom. The van der Waals surface area contributed by atoms with Crippen LogP contribution in [0.15, 0.2) is 54.9 Å². The second kappa shape index (κ2) is 8.35. The first kappa shape index (κ1) is 18.4. The zero-order chi connectivity index (χ0) is 19.3. The van der Waals surface area contributed by atoms with Crippen LogP contribution in [0.25, 0.3) is 5.82 Å². The van der Waals surface area contributed by atoms with Crippen LogP contribution in [-0.2, 0) is 11.3 Å². The van der Waals surface area contributed by atoms with Crippen LogP contribution in [0.4, 0.5) is 5.69 Å². The third-order valence-corrected chi connectivity index (χ3v) is 5.12. The molecule has 4 rings (SSSR count). The van der Waals surface area contributed by atoms with Gasteiger partial charge in [0.15, 0.2) is 5.82 Å². The van der Waals surface area contributed by atoms with E-state index in [4.69, 9.17) is 4.74 Å². The summed E-state index contributed by atoms with van der Waals surface area (Å²) < 4.78 is 7.60. The molecule has 6 nitrogen and oxygen atoms in total. The van der Waals surface area contributed by atoms with Gasteiger partial charge in [-0.25, -0.2) is 9.67 Å². The van der Waals surface area contributed by atoms with Crippen molar-refractivity contribution in [1.29, 1.82) is 0 Å². The van der Waals surface area contributed by atoms with Crippen molar-refractivity contribution in [2.75, 3.05) is 5.32 Å². The molecule has 0 saturated heterocycles. The van der Waals surface area contributed by atoms with Gasteiger partial charge in [0.2, 0.25) is 0 Å². The summed E-state index contributed by atoms with van der Waals surface area (Å²) in [5.74, 6) is 0.500. The molecule has 1 fully saturated rings. The first-order valence-electron chi connectivity index (χ1n) is 9.68. The lowest BCUT2D eigenvalue weighted by atomic mass is 10.2. The van der Waals surface area contributed by atoms with E-state index in [2.05, 4.69) is 15.4 Å². The zero-order valence-electron chi connectivity index (χ0n) is 16.0. The summed E-state index contributed by atoms with van der Waals surface area (Å²) in [5.41, 5.74) is 3.14. The Balaban J connectivity index is 1.39. The molecule has 0 bridgehead atoms. The predicted octanol–water partition coefficient (Wildman–Crippen LogP) is 4.29. The van der Waals surface area contributed by atoms with Crippen molar-refractivity contribution < 1.29 is 9.53 Å². The normalized spacial score (nSPS) is 14.3. The quantitative estimate of drug-likeness (QED) is 0.697. The third kappa shape index (κ3) is 4.12. The number of hydrogen-bond acceptors (Lipinski definition) is 4. The van der Waals surface area contributed by atoms with Gasteiger partial charge < -0.3 is 10.1 Å². The number of nitrogens with zero attached hydrogens (tertiary/aromatic N) is 3. The van der Waals surface area contributed by atoms with E-state index in [9.17, 15) is 4.79 Å². The average molecular weight is 376 g/mol. The van der Waals surface area contributed by atoms with Crippen molar-refractivity contribution in [3.63, 3.8) is 0 Å². The smallest absolute Gasteiger partial charge is 0.259 e. The van der Waals surface area contributed by atoms with E-state index >= 15 is 0 Å². The summed E-state index contributed by atoms with van der Waals surface area (Å²) in [5, 5.41) is 7.24. The average Bonchev–Trinajstić information content (AvgIpc) is 3.38. The molecule has 0 radical (unpaired) electrons. The topological polar surface area (TPSA) is 69.0 Å². The van der Waals surface area contributed by atoms with Gasteiger partial charge in [0.1, 0.15) is 0 Å². The number of carbonyl (C=O) groups is 1. The molecule has 28 heavy (non-hydrogen) atoms. The minimum Gasteiger partial charge on any atom is -0.374 e. The van der Waals surface area contributed by atoms with Crippen LogP contribution in [0.3, 0.4) is 0 Å². The number of pyridine rings is 1. The highest BCUT2D eigenvalue weighted by atomic mass is 16.5. The van der Waals surface area contributed by atoms with Gasteiger partial charge in [-0.1, -0.05) is 31.0 Å². The first-order valence-corrected chi connectivity index (χ1v) is 9.68. The van der Waals surface area contributed by atoms with Gasteiger partial charge in [0.05, 0.1) is 30.2 Å². The largest absolute Gasteiger partial charge is 0.374 e. The molecule has 1 N–H and O–H groups in total. The molecule has 0 unspecified atom stereocenters. The number of hydrogen-bond donors (Lipinski definition) is 1. The number of rotatable bonds is 6. The molecule has 3 aromatic rings. The van der Waals surface area contributed by atoms with E-state index in [1.807, 2.05) is 49.4 Å². The van der Waals surface area contributed by atoms with Gasteiger partial charge in [-0.15, -0.1) is 0 Å². The maximum atomic E-state index is 12.7. The van der Waals surface area contributed by atoms with Crippen LogP contribution in [0, 0.1) is 6.92 Å². The molecule has 1 aromatic carbocycles. The van der Waals surface area contributed by atoms with Gasteiger partial charge in [0, 0.05) is 11.9 Å². The highest BCUT2D eigenvalue weighted by Gasteiger charge is 2.17. The van der Waals surface area contributed by atoms with E-state index in [0.29, 0.717) is 24.1 Å². The van der Waals surface area contributed by atoms with E-state index in [-0.39, 0.29) is 5.91 Å². The van der Waals surface area contributed by atoms with Crippen molar-refractivity contribution in [2.24, 2.45) is 0 Å². The van der Waals surface area contributed by atoms with E-state index < -0.39 is 0 Å². The predicted molar refractivity (Wildman–Crippen MR) is 108 cm³/mol. The molecule has 1 aliphatic carbocycles. The molecular weight excluding hydrogens is 352 g/mol. The van der Waals surface area contributed by atoms with E-state index in [1.54, 1.807) is 17.1 Å². The van der Waals surface area contributed by atoms with Crippen LogP contribution < -0.4 is 5.32 Å². The van der Waals surface area contributed by atoms with Gasteiger partial charge in [0.25, 0.3) is 5.91 Å². The molecule has 2 heterocycles. The van der Waals surface area contributed by atoms with E-state index in [0.717, 1.165) is 16.9 Å². The van der Waals surface area contributed by atoms with Crippen molar-refractivity contribution in [1.82, 2.24) is 14.8 Å². The molecule has 1 aliphatic rings. The number of ether oxygens (including phenoxy) is 1. The monoisotopic (exact) mass is 376 g/mol. The SMILES string of the molecule is Cc1c(C(=O)Nc2ccc(COC3CCCC3)cc2)cnn1-c1ccccn1. The molecule has 0 spiro atoms. The molecule has 144 valence electrons. The number of aromatic nitrogens is 3. The Kier molecular flexibility index (Phi) is 5.48. The second-order valence-electron chi connectivity index (χ2n) is 7.11. The van der Waals surface area contributed by atoms with Gasteiger partial charge in [-0.2, -0.15) is 5.10 Å². The fourth-order valence-electron chi connectivity index (χ4n) is 3.49. The summed E-state index contributed by atoms with van der Waals surface area (Å²) in [4.78, 5) is 16.9. The lowest BCUT2D eigenvalue weighted by Crippen LogP contribution is -2.13. The molecule has 0 aliphatic heterocycles. The molecule has 0 atom stereocenters. The standard InChI is InChI=1S/C22H24N4O2/c1-16-20(14-24-26(16)21-8-4-5-13-23-21)22(27)25-18-11-9-17(10-12-18)15-28-19-6-2-3-7-19/h4-5,8-14,19H,2-3,6-7,15H2,1H3,(H,25,27).